The molecule has 0 unspecified atom stereocenters. The van der Waals surface area contributed by atoms with E-state index in [0.29, 0.717) is 19.0 Å². The molecule has 2 N–H and O–H groups in total. The lowest BCUT2D eigenvalue weighted by Crippen LogP contribution is -2.53. The van der Waals surface area contributed by atoms with Crippen LogP contribution >= 0.6 is 0 Å². The Labute approximate surface area is 127 Å². The molecule has 1 amide bonds. The van der Waals surface area contributed by atoms with Crippen molar-refractivity contribution < 1.29 is 4.79 Å². The molecular formula is C17H27N3O. The van der Waals surface area contributed by atoms with E-state index in [1.807, 2.05) is 30.1 Å². The quantitative estimate of drug-likeness (QED) is 0.897. The van der Waals surface area contributed by atoms with Gasteiger partial charge in [-0.05, 0) is 31.4 Å². The summed E-state index contributed by atoms with van der Waals surface area (Å²) in [6.07, 6.45) is 2.26. The van der Waals surface area contributed by atoms with Gasteiger partial charge in [0.1, 0.15) is 0 Å². The van der Waals surface area contributed by atoms with E-state index in [2.05, 4.69) is 24.0 Å². The number of carbonyl (C=O) groups is 1. The number of nitrogens with zero attached hydrogens (tertiary/aromatic N) is 2. The number of nitrogens with two attached hydrogens (primary N) is 1. The molecule has 0 saturated carbocycles. The second-order valence-corrected chi connectivity index (χ2v) is 6.17. The predicted octanol–water partition coefficient (Wildman–Crippen LogP) is 1.70. The second kappa shape index (κ2) is 7.57. The standard InChI is InChI=1S/C17H27N3O/c1-14-7-6-10-20(16(14)11-18)17(21)13-19(2)12-15-8-4-3-5-9-15/h3-5,8-9,14,16H,6-7,10-13,18H2,1-2H3/t14-,16-/m1/s1. The monoisotopic (exact) mass is 289 g/mol. The summed E-state index contributed by atoms with van der Waals surface area (Å²) in [5.74, 6) is 0.711. The van der Waals surface area contributed by atoms with Gasteiger partial charge in [0.2, 0.25) is 5.91 Å². The highest BCUT2D eigenvalue weighted by molar-refractivity contribution is 5.78. The third-order valence-corrected chi connectivity index (χ3v) is 4.38. The lowest BCUT2D eigenvalue weighted by molar-refractivity contribution is -0.137. The summed E-state index contributed by atoms with van der Waals surface area (Å²) in [7, 11) is 2.00. The van der Waals surface area contributed by atoms with Gasteiger partial charge in [-0.3, -0.25) is 9.69 Å². The molecule has 4 heteroatoms. The largest absolute Gasteiger partial charge is 0.337 e. The number of hydrogen-bond donors (Lipinski definition) is 1. The Kier molecular flexibility index (Phi) is 5.76. The Balaban J connectivity index is 1.90. The van der Waals surface area contributed by atoms with Gasteiger partial charge in [-0.25, -0.2) is 0 Å². The molecule has 1 aromatic rings. The Hall–Kier alpha value is -1.39. The number of carbonyl (C=O) groups excluding carboxylic acids is 1. The maximum Gasteiger partial charge on any atom is 0.237 e. The Morgan fingerprint density at radius 3 is 2.76 bits per heavy atom. The number of benzene rings is 1. The molecule has 0 aliphatic carbocycles. The number of rotatable bonds is 5. The van der Waals surface area contributed by atoms with Gasteiger partial charge in [-0.15, -0.1) is 0 Å². The van der Waals surface area contributed by atoms with Crippen molar-refractivity contribution in [1.29, 1.82) is 0 Å². The van der Waals surface area contributed by atoms with Crippen LogP contribution in [0.2, 0.25) is 0 Å². The predicted molar refractivity (Wildman–Crippen MR) is 85.7 cm³/mol. The van der Waals surface area contributed by atoms with E-state index in [-0.39, 0.29) is 11.9 Å². The fraction of sp³-hybridized carbons (Fsp3) is 0.588. The van der Waals surface area contributed by atoms with Crippen LogP contribution in [0.1, 0.15) is 25.3 Å². The third-order valence-electron chi connectivity index (χ3n) is 4.38. The van der Waals surface area contributed by atoms with Gasteiger partial charge < -0.3 is 10.6 Å². The molecule has 4 nitrogen and oxygen atoms in total. The molecule has 2 rings (SSSR count). The first-order chi connectivity index (χ1) is 10.1. The van der Waals surface area contributed by atoms with E-state index in [1.165, 1.54) is 12.0 Å². The van der Waals surface area contributed by atoms with Gasteiger partial charge in [0.25, 0.3) is 0 Å². The fourth-order valence-electron chi connectivity index (χ4n) is 3.19. The van der Waals surface area contributed by atoms with Gasteiger partial charge in [0.15, 0.2) is 0 Å². The zero-order valence-electron chi connectivity index (χ0n) is 13.2. The molecule has 1 aliphatic rings. The minimum absolute atomic E-state index is 0.204. The smallest absolute Gasteiger partial charge is 0.237 e. The fourth-order valence-corrected chi connectivity index (χ4v) is 3.19. The normalized spacial score (nSPS) is 22.6. The van der Waals surface area contributed by atoms with E-state index in [1.54, 1.807) is 0 Å². The van der Waals surface area contributed by atoms with E-state index < -0.39 is 0 Å². The summed E-state index contributed by atoms with van der Waals surface area (Å²) in [6, 6.07) is 10.5. The molecule has 0 spiro atoms. The molecule has 1 fully saturated rings. The van der Waals surface area contributed by atoms with Crippen LogP contribution in [0, 0.1) is 5.92 Å². The maximum absolute atomic E-state index is 12.5. The molecular weight excluding hydrogens is 262 g/mol. The van der Waals surface area contributed by atoms with E-state index >= 15 is 0 Å². The first-order valence-corrected chi connectivity index (χ1v) is 7.84. The Bertz CT molecular complexity index is 449. The number of hydrogen-bond acceptors (Lipinski definition) is 3. The van der Waals surface area contributed by atoms with Crippen molar-refractivity contribution in [2.24, 2.45) is 11.7 Å². The van der Waals surface area contributed by atoms with Crippen molar-refractivity contribution in [3.63, 3.8) is 0 Å². The Morgan fingerprint density at radius 2 is 2.10 bits per heavy atom. The highest BCUT2D eigenvalue weighted by Gasteiger charge is 2.30. The number of likely N-dealkylation sites (tertiary alicyclic amines) is 1. The summed E-state index contributed by atoms with van der Waals surface area (Å²) >= 11 is 0. The van der Waals surface area contributed by atoms with Crippen LogP contribution in [0.15, 0.2) is 30.3 Å². The van der Waals surface area contributed by atoms with Crippen LogP contribution in [0.3, 0.4) is 0 Å². The van der Waals surface area contributed by atoms with E-state index in [4.69, 9.17) is 5.73 Å². The van der Waals surface area contributed by atoms with Crippen LogP contribution in [0.25, 0.3) is 0 Å². The van der Waals surface area contributed by atoms with Crippen molar-refractivity contribution in [3.8, 4) is 0 Å². The zero-order chi connectivity index (χ0) is 15.2. The van der Waals surface area contributed by atoms with E-state index in [0.717, 1.165) is 19.5 Å². The molecule has 0 radical (unpaired) electrons. The van der Waals surface area contributed by atoms with Crippen molar-refractivity contribution >= 4 is 5.91 Å². The first kappa shape index (κ1) is 16.0. The van der Waals surface area contributed by atoms with Gasteiger partial charge in [-0.1, -0.05) is 37.3 Å². The van der Waals surface area contributed by atoms with Crippen molar-refractivity contribution in [2.45, 2.75) is 32.4 Å². The zero-order valence-corrected chi connectivity index (χ0v) is 13.2. The highest BCUT2D eigenvalue weighted by atomic mass is 16.2. The topological polar surface area (TPSA) is 49.6 Å². The second-order valence-electron chi connectivity index (χ2n) is 6.17. The average Bonchev–Trinajstić information content (AvgIpc) is 2.47. The van der Waals surface area contributed by atoms with Crippen LogP contribution in [0.4, 0.5) is 0 Å². The minimum Gasteiger partial charge on any atom is -0.337 e. The van der Waals surface area contributed by atoms with Gasteiger partial charge in [0.05, 0.1) is 6.54 Å². The summed E-state index contributed by atoms with van der Waals surface area (Å²) in [4.78, 5) is 16.6. The molecule has 1 saturated heterocycles. The molecule has 1 heterocycles. The summed E-state index contributed by atoms with van der Waals surface area (Å²) in [5, 5.41) is 0. The van der Waals surface area contributed by atoms with Crippen molar-refractivity contribution in [2.75, 3.05) is 26.7 Å². The lowest BCUT2D eigenvalue weighted by Gasteiger charge is -2.40. The highest BCUT2D eigenvalue weighted by Crippen LogP contribution is 2.22. The molecule has 1 aliphatic heterocycles. The van der Waals surface area contributed by atoms with E-state index in [9.17, 15) is 4.79 Å². The van der Waals surface area contributed by atoms with Crippen molar-refractivity contribution in [3.05, 3.63) is 35.9 Å². The van der Waals surface area contributed by atoms with Crippen LogP contribution in [-0.2, 0) is 11.3 Å². The van der Waals surface area contributed by atoms with Crippen molar-refractivity contribution in [1.82, 2.24) is 9.80 Å². The van der Waals surface area contributed by atoms with Gasteiger partial charge >= 0.3 is 0 Å². The van der Waals surface area contributed by atoms with Crippen LogP contribution in [0.5, 0.6) is 0 Å². The number of amides is 1. The molecule has 21 heavy (non-hydrogen) atoms. The molecule has 2 atom stereocenters. The minimum atomic E-state index is 0.204. The van der Waals surface area contributed by atoms with Gasteiger partial charge in [-0.2, -0.15) is 0 Å². The van der Waals surface area contributed by atoms with Crippen LogP contribution in [-0.4, -0.2) is 48.4 Å². The summed E-state index contributed by atoms with van der Waals surface area (Å²) in [6.45, 7) is 4.87. The number of piperidine rings is 1. The molecule has 0 bridgehead atoms. The Morgan fingerprint density at radius 1 is 1.38 bits per heavy atom. The lowest BCUT2D eigenvalue weighted by atomic mass is 9.90. The SMILES string of the molecule is C[C@@H]1CCCN(C(=O)CN(C)Cc2ccccc2)[C@@H]1CN. The van der Waals surface area contributed by atoms with Crippen LogP contribution < -0.4 is 5.73 Å². The molecule has 0 aromatic heterocycles. The summed E-state index contributed by atoms with van der Waals surface area (Å²) < 4.78 is 0. The average molecular weight is 289 g/mol. The molecule has 116 valence electrons. The maximum atomic E-state index is 12.5. The number of likely N-dealkylation sites (N-methyl/N-ethyl adjacent to an activating group) is 1. The third kappa shape index (κ3) is 4.29. The first-order valence-electron chi connectivity index (χ1n) is 7.84. The molecule has 1 aromatic carbocycles. The summed E-state index contributed by atoms with van der Waals surface area (Å²) in [5.41, 5.74) is 7.10. The van der Waals surface area contributed by atoms with Gasteiger partial charge in [0, 0.05) is 25.7 Å².